The maximum Gasteiger partial charge on any atom is 0.254 e. The van der Waals surface area contributed by atoms with Gasteiger partial charge in [0.25, 0.3) is 5.91 Å². The van der Waals surface area contributed by atoms with Crippen LogP contribution < -0.4 is 0 Å². The first-order valence-corrected chi connectivity index (χ1v) is 8.90. The molecule has 3 aromatic heterocycles. The summed E-state index contributed by atoms with van der Waals surface area (Å²) >= 11 is 1.56. The van der Waals surface area contributed by atoms with Crippen molar-refractivity contribution in [3.63, 3.8) is 0 Å². The van der Waals surface area contributed by atoms with Crippen molar-refractivity contribution in [1.29, 1.82) is 0 Å². The van der Waals surface area contributed by atoms with Crippen molar-refractivity contribution in [3.8, 4) is 11.4 Å². The monoisotopic (exact) mass is 338 g/mol. The lowest BCUT2D eigenvalue weighted by molar-refractivity contribution is 0.0469. The van der Waals surface area contributed by atoms with E-state index in [4.69, 9.17) is 0 Å². The Kier molecular flexibility index (Phi) is 3.90. The number of rotatable bonds is 4. The number of aromatic nitrogens is 3. The van der Waals surface area contributed by atoms with Gasteiger partial charge in [-0.2, -0.15) is 11.3 Å². The summed E-state index contributed by atoms with van der Waals surface area (Å²) in [6.07, 6.45) is 5.48. The molecule has 0 saturated carbocycles. The number of hydrogen-bond acceptors (Lipinski definition) is 4. The van der Waals surface area contributed by atoms with Crippen LogP contribution in [-0.4, -0.2) is 38.4 Å². The smallest absolute Gasteiger partial charge is 0.254 e. The predicted molar refractivity (Wildman–Crippen MR) is 93.9 cm³/mol. The van der Waals surface area contributed by atoms with E-state index >= 15 is 0 Å². The van der Waals surface area contributed by atoms with Crippen molar-refractivity contribution in [2.75, 3.05) is 13.1 Å². The Labute approximate surface area is 144 Å². The second-order valence-corrected chi connectivity index (χ2v) is 6.94. The largest absolute Gasteiger partial charge is 0.338 e. The van der Waals surface area contributed by atoms with E-state index in [0.29, 0.717) is 5.92 Å². The van der Waals surface area contributed by atoms with Crippen molar-refractivity contribution < 1.29 is 4.79 Å². The summed E-state index contributed by atoms with van der Waals surface area (Å²) in [7, 11) is 0. The maximum atomic E-state index is 12.3. The number of likely N-dealkylation sites (tertiary alicyclic amines) is 1. The third kappa shape index (κ3) is 2.73. The lowest BCUT2D eigenvalue weighted by Gasteiger charge is -2.39. The van der Waals surface area contributed by atoms with Gasteiger partial charge in [-0.25, -0.2) is 4.98 Å². The molecule has 4 rings (SSSR count). The molecule has 4 heterocycles. The number of hydrogen-bond donors (Lipinski definition) is 0. The van der Waals surface area contributed by atoms with E-state index in [1.54, 1.807) is 23.7 Å². The van der Waals surface area contributed by atoms with E-state index in [0.717, 1.165) is 42.3 Å². The summed E-state index contributed by atoms with van der Waals surface area (Å²) in [6.45, 7) is 4.58. The normalized spacial score (nSPS) is 14.6. The highest BCUT2D eigenvalue weighted by Gasteiger charge is 2.32. The number of nitrogens with zero attached hydrogens (tertiary/aromatic N) is 4. The molecule has 0 aromatic carbocycles. The van der Waals surface area contributed by atoms with E-state index in [-0.39, 0.29) is 5.91 Å². The standard InChI is InChI=1S/C18H18N4OS/c1-13-8-20-17(15-2-5-19-6-3-15)22(13)11-14-9-21(10-14)18(23)16-4-7-24-12-16/h2-8,12,14H,9-11H2,1H3. The molecule has 5 nitrogen and oxygen atoms in total. The Hall–Kier alpha value is -2.47. The van der Waals surface area contributed by atoms with Gasteiger partial charge in [0.15, 0.2) is 0 Å². The molecule has 0 radical (unpaired) electrons. The minimum atomic E-state index is 0.143. The van der Waals surface area contributed by atoms with Gasteiger partial charge in [0.05, 0.1) is 5.56 Å². The van der Waals surface area contributed by atoms with Crippen LogP contribution in [0.1, 0.15) is 16.1 Å². The van der Waals surface area contributed by atoms with Crippen LogP contribution in [0.5, 0.6) is 0 Å². The van der Waals surface area contributed by atoms with Gasteiger partial charge in [-0.15, -0.1) is 0 Å². The topological polar surface area (TPSA) is 51.0 Å². The Balaban J connectivity index is 1.45. The van der Waals surface area contributed by atoms with Crippen LogP contribution in [0.3, 0.4) is 0 Å². The van der Waals surface area contributed by atoms with Gasteiger partial charge in [0.1, 0.15) is 5.82 Å². The Morgan fingerprint density at radius 3 is 2.79 bits per heavy atom. The summed E-state index contributed by atoms with van der Waals surface area (Å²) in [6, 6.07) is 5.85. The quantitative estimate of drug-likeness (QED) is 0.734. The third-order valence-corrected chi connectivity index (χ3v) is 5.13. The molecule has 122 valence electrons. The molecular weight excluding hydrogens is 320 g/mol. The van der Waals surface area contributed by atoms with Crippen LogP contribution in [0.25, 0.3) is 11.4 Å². The first-order chi connectivity index (χ1) is 11.7. The van der Waals surface area contributed by atoms with E-state index < -0.39 is 0 Å². The molecule has 0 atom stereocenters. The highest BCUT2D eigenvalue weighted by molar-refractivity contribution is 7.08. The number of amides is 1. The SMILES string of the molecule is Cc1cnc(-c2ccncc2)n1CC1CN(C(=O)c2ccsc2)C1. The molecule has 3 aromatic rings. The fraction of sp³-hybridized carbons (Fsp3) is 0.278. The first kappa shape index (κ1) is 15.1. The van der Waals surface area contributed by atoms with E-state index in [2.05, 4.69) is 21.5 Å². The van der Waals surface area contributed by atoms with Gasteiger partial charge in [-0.3, -0.25) is 9.78 Å². The molecule has 0 N–H and O–H groups in total. The van der Waals surface area contributed by atoms with E-state index in [1.807, 2.05) is 40.1 Å². The van der Waals surface area contributed by atoms with Gasteiger partial charge < -0.3 is 9.47 Å². The van der Waals surface area contributed by atoms with Crippen LogP contribution in [-0.2, 0) is 6.54 Å². The van der Waals surface area contributed by atoms with Crippen LogP contribution in [0.4, 0.5) is 0 Å². The van der Waals surface area contributed by atoms with Crippen LogP contribution in [0, 0.1) is 12.8 Å². The van der Waals surface area contributed by atoms with Gasteiger partial charge in [-0.05, 0) is 30.5 Å². The number of pyridine rings is 1. The van der Waals surface area contributed by atoms with Crippen molar-refractivity contribution in [3.05, 3.63) is 58.8 Å². The molecule has 1 aliphatic heterocycles. The molecular formula is C18H18N4OS. The average molecular weight is 338 g/mol. The first-order valence-electron chi connectivity index (χ1n) is 7.96. The number of carbonyl (C=O) groups is 1. The average Bonchev–Trinajstić information content (AvgIpc) is 3.21. The zero-order valence-corrected chi connectivity index (χ0v) is 14.2. The molecule has 1 amide bonds. The zero-order chi connectivity index (χ0) is 16.5. The highest BCUT2D eigenvalue weighted by Crippen LogP contribution is 2.25. The molecule has 6 heteroatoms. The fourth-order valence-corrected chi connectivity index (χ4v) is 3.73. The lowest BCUT2D eigenvalue weighted by atomic mass is 9.99. The number of thiophene rings is 1. The highest BCUT2D eigenvalue weighted by atomic mass is 32.1. The van der Waals surface area contributed by atoms with Crippen molar-refractivity contribution in [2.24, 2.45) is 5.92 Å². The second kappa shape index (κ2) is 6.20. The van der Waals surface area contributed by atoms with E-state index in [9.17, 15) is 4.79 Å². The molecule has 1 fully saturated rings. The van der Waals surface area contributed by atoms with Gasteiger partial charge >= 0.3 is 0 Å². The molecule has 0 unspecified atom stereocenters. The van der Waals surface area contributed by atoms with Gasteiger partial charge in [0.2, 0.25) is 0 Å². The Bertz CT molecular complexity index is 835. The third-order valence-electron chi connectivity index (χ3n) is 4.45. The van der Waals surface area contributed by atoms with E-state index in [1.165, 1.54) is 0 Å². The Morgan fingerprint density at radius 1 is 1.29 bits per heavy atom. The van der Waals surface area contributed by atoms with Crippen LogP contribution in [0.15, 0.2) is 47.5 Å². The summed E-state index contributed by atoms with van der Waals surface area (Å²) < 4.78 is 2.24. The summed E-state index contributed by atoms with van der Waals surface area (Å²) in [4.78, 5) is 22.8. The van der Waals surface area contributed by atoms with Crippen molar-refractivity contribution in [2.45, 2.75) is 13.5 Å². The van der Waals surface area contributed by atoms with Crippen LogP contribution in [0.2, 0.25) is 0 Å². The molecule has 1 saturated heterocycles. The van der Waals surface area contributed by atoms with Gasteiger partial charge in [-0.1, -0.05) is 0 Å². The minimum absolute atomic E-state index is 0.143. The maximum absolute atomic E-state index is 12.3. The predicted octanol–water partition coefficient (Wildman–Crippen LogP) is 3.09. The fourth-order valence-electron chi connectivity index (χ4n) is 3.10. The molecule has 0 spiro atoms. The molecule has 24 heavy (non-hydrogen) atoms. The lowest BCUT2D eigenvalue weighted by Crippen LogP contribution is -2.51. The molecule has 0 bridgehead atoms. The Morgan fingerprint density at radius 2 is 2.08 bits per heavy atom. The van der Waals surface area contributed by atoms with Crippen molar-refractivity contribution >= 4 is 17.2 Å². The number of carbonyl (C=O) groups excluding carboxylic acids is 1. The summed E-state index contributed by atoms with van der Waals surface area (Å²) in [5, 5.41) is 3.86. The summed E-state index contributed by atoms with van der Waals surface area (Å²) in [5.74, 6) is 1.59. The molecule has 0 aliphatic carbocycles. The molecule has 1 aliphatic rings. The minimum Gasteiger partial charge on any atom is -0.338 e. The summed E-state index contributed by atoms with van der Waals surface area (Å²) in [5.41, 5.74) is 3.02. The zero-order valence-electron chi connectivity index (χ0n) is 13.4. The van der Waals surface area contributed by atoms with Crippen molar-refractivity contribution in [1.82, 2.24) is 19.4 Å². The van der Waals surface area contributed by atoms with Gasteiger partial charge in [0, 0.05) is 60.8 Å². The number of aryl methyl sites for hydroxylation is 1. The van der Waals surface area contributed by atoms with Crippen LogP contribution >= 0.6 is 11.3 Å². The number of imidazole rings is 1. The second-order valence-electron chi connectivity index (χ2n) is 6.16.